The highest BCUT2D eigenvalue weighted by molar-refractivity contribution is 7.07. The molecule has 0 saturated heterocycles. The first-order chi connectivity index (χ1) is 19.7. The Kier molecular flexibility index (Phi) is 6.04. The van der Waals surface area contributed by atoms with Crippen molar-refractivity contribution in [3.05, 3.63) is 157 Å². The minimum Gasteiger partial charge on any atom is -0.115 e. The van der Waals surface area contributed by atoms with Gasteiger partial charge in [0.2, 0.25) is 0 Å². The van der Waals surface area contributed by atoms with Crippen LogP contribution >= 0.6 is 0 Å². The molecular formula is C39H28Si. The van der Waals surface area contributed by atoms with E-state index >= 15 is 0 Å². The van der Waals surface area contributed by atoms with Crippen LogP contribution in [-0.2, 0) is 0 Å². The van der Waals surface area contributed by atoms with E-state index in [2.05, 4.69) is 170 Å². The smallest absolute Gasteiger partial charge is 0.115 e. The second kappa shape index (κ2) is 10.0. The normalized spacial score (nSPS) is 11.4. The lowest BCUT2D eigenvalue weighted by molar-refractivity contribution is 1.68. The zero-order valence-electron chi connectivity index (χ0n) is 22.4. The average Bonchev–Trinajstić information content (AvgIpc) is 3.03. The first-order valence-corrected chi connectivity index (χ1v) is 16.3. The molecule has 0 aromatic heterocycles. The highest BCUT2D eigenvalue weighted by atomic mass is 28.3. The molecule has 0 nitrogen and oxygen atoms in total. The van der Waals surface area contributed by atoms with Gasteiger partial charge in [-0.1, -0.05) is 158 Å². The zero-order chi connectivity index (χ0) is 26.9. The number of hydrogen-bond acceptors (Lipinski definition) is 0. The van der Waals surface area contributed by atoms with Crippen molar-refractivity contribution in [2.75, 3.05) is 0 Å². The van der Waals surface area contributed by atoms with Crippen molar-refractivity contribution in [3.63, 3.8) is 0 Å². The van der Waals surface area contributed by atoms with Crippen molar-refractivity contribution in [3.8, 4) is 22.6 Å². The summed E-state index contributed by atoms with van der Waals surface area (Å²) < 4.78 is 0. The van der Waals surface area contributed by atoms with Gasteiger partial charge in [0.15, 0.2) is 8.07 Å². The minimum atomic E-state index is -2.33. The van der Waals surface area contributed by atoms with E-state index in [1.807, 2.05) is 0 Å². The summed E-state index contributed by atoms with van der Waals surface area (Å²) in [6.07, 6.45) is 0. The van der Waals surface area contributed by atoms with E-state index in [0.717, 1.165) is 5.56 Å². The summed E-state index contributed by atoms with van der Waals surface area (Å²) >= 11 is 0. The molecule has 0 spiro atoms. The van der Waals surface area contributed by atoms with Gasteiger partial charge in [-0.3, -0.25) is 0 Å². The third-order valence-electron chi connectivity index (χ3n) is 8.11. The molecule has 0 fully saturated rings. The standard InChI is InChI=1S/C39H28Si/c1-40(32-16-4-2-5-17-32,33-18-6-3-7-19-33)27-26-36-34-20-10-12-22-37(34)39(38-23-13-11-21-35(36)38)31-25-24-29-14-8-9-15-30(29)28-31/h2-25,28H,1H3. The molecule has 0 aliphatic heterocycles. The lowest BCUT2D eigenvalue weighted by Crippen LogP contribution is -2.54. The van der Waals surface area contributed by atoms with Crippen LogP contribution in [0.2, 0.25) is 6.55 Å². The van der Waals surface area contributed by atoms with Crippen LogP contribution in [0.1, 0.15) is 5.56 Å². The fourth-order valence-electron chi connectivity index (χ4n) is 5.96. The van der Waals surface area contributed by atoms with Crippen molar-refractivity contribution in [2.45, 2.75) is 6.55 Å². The van der Waals surface area contributed by atoms with Crippen LogP contribution < -0.4 is 10.4 Å². The lowest BCUT2D eigenvalue weighted by atomic mass is 9.88. The first kappa shape index (κ1) is 24.2. The predicted molar refractivity (Wildman–Crippen MR) is 175 cm³/mol. The highest BCUT2D eigenvalue weighted by Crippen LogP contribution is 2.39. The van der Waals surface area contributed by atoms with Crippen LogP contribution in [0.15, 0.2) is 152 Å². The average molecular weight is 525 g/mol. The van der Waals surface area contributed by atoms with Crippen LogP contribution in [0.3, 0.4) is 0 Å². The van der Waals surface area contributed by atoms with Crippen molar-refractivity contribution < 1.29 is 0 Å². The maximum absolute atomic E-state index is 3.90. The number of benzene rings is 7. The molecule has 0 radical (unpaired) electrons. The van der Waals surface area contributed by atoms with Crippen molar-refractivity contribution >= 4 is 50.8 Å². The Hall–Kier alpha value is -4.90. The Morgan fingerprint density at radius 3 is 1.50 bits per heavy atom. The lowest BCUT2D eigenvalue weighted by Gasteiger charge is -2.22. The quantitative estimate of drug-likeness (QED) is 0.123. The van der Waals surface area contributed by atoms with E-state index in [9.17, 15) is 0 Å². The van der Waals surface area contributed by atoms with Crippen LogP contribution in [-0.4, -0.2) is 8.07 Å². The SMILES string of the molecule is C[Si](C#Cc1c2ccccc2c(-c2ccc3ccccc3c2)c2ccccc12)(c1ccccc1)c1ccccc1. The summed E-state index contributed by atoms with van der Waals surface area (Å²) in [4.78, 5) is 0. The van der Waals surface area contributed by atoms with Gasteiger partial charge in [-0.05, 0) is 59.9 Å². The Balaban J connectivity index is 1.52. The van der Waals surface area contributed by atoms with Gasteiger partial charge in [0.25, 0.3) is 0 Å². The molecule has 7 aromatic rings. The molecule has 1 heteroatoms. The van der Waals surface area contributed by atoms with Gasteiger partial charge in [0.05, 0.1) is 0 Å². The molecule has 7 rings (SSSR count). The van der Waals surface area contributed by atoms with E-state index in [-0.39, 0.29) is 0 Å². The molecule has 0 unspecified atom stereocenters. The van der Waals surface area contributed by atoms with Crippen molar-refractivity contribution in [1.82, 2.24) is 0 Å². The molecule has 0 bridgehead atoms. The number of fused-ring (bicyclic) bond motifs is 3. The van der Waals surface area contributed by atoms with E-state index in [4.69, 9.17) is 0 Å². The molecule has 40 heavy (non-hydrogen) atoms. The third kappa shape index (κ3) is 4.11. The van der Waals surface area contributed by atoms with Gasteiger partial charge in [0, 0.05) is 5.56 Å². The third-order valence-corrected chi connectivity index (χ3v) is 11.7. The Morgan fingerprint density at radius 1 is 0.450 bits per heavy atom. The van der Waals surface area contributed by atoms with Crippen molar-refractivity contribution in [1.29, 1.82) is 0 Å². The summed E-state index contributed by atoms with van der Waals surface area (Å²) in [5.74, 6) is 3.79. The maximum atomic E-state index is 3.90. The molecule has 0 saturated carbocycles. The number of hydrogen-bond donors (Lipinski definition) is 0. The Morgan fingerprint density at radius 2 is 0.925 bits per heavy atom. The van der Waals surface area contributed by atoms with Crippen molar-refractivity contribution in [2.24, 2.45) is 0 Å². The fourth-order valence-corrected chi connectivity index (χ4v) is 8.68. The van der Waals surface area contributed by atoms with Gasteiger partial charge < -0.3 is 0 Å². The van der Waals surface area contributed by atoms with Gasteiger partial charge in [-0.25, -0.2) is 0 Å². The summed E-state index contributed by atoms with van der Waals surface area (Å²) in [5, 5.41) is 10.1. The summed E-state index contributed by atoms with van der Waals surface area (Å²) in [6.45, 7) is 2.37. The van der Waals surface area contributed by atoms with Crippen LogP contribution in [0.4, 0.5) is 0 Å². The van der Waals surface area contributed by atoms with Crippen LogP contribution in [0.25, 0.3) is 43.4 Å². The molecule has 188 valence electrons. The molecule has 0 atom stereocenters. The van der Waals surface area contributed by atoms with E-state index in [0.29, 0.717) is 0 Å². The topological polar surface area (TPSA) is 0 Å². The van der Waals surface area contributed by atoms with E-state index in [1.165, 1.54) is 53.8 Å². The zero-order valence-corrected chi connectivity index (χ0v) is 23.4. The second-order valence-electron chi connectivity index (χ2n) is 10.5. The first-order valence-electron chi connectivity index (χ1n) is 13.8. The predicted octanol–water partition coefficient (Wildman–Crippen LogP) is 8.60. The van der Waals surface area contributed by atoms with E-state index < -0.39 is 8.07 Å². The number of rotatable bonds is 3. The fraction of sp³-hybridized carbons (Fsp3) is 0.0256. The summed E-state index contributed by atoms with van der Waals surface area (Å²) in [6, 6.07) is 54.6. The van der Waals surface area contributed by atoms with Gasteiger partial charge in [-0.2, -0.15) is 0 Å². The maximum Gasteiger partial charge on any atom is 0.196 e. The Labute approximate surface area is 236 Å². The van der Waals surface area contributed by atoms with Gasteiger partial charge in [0.1, 0.15) is 0 Å². The molecule has 0 aliphatic rings. The van der Waals surface area contributed by atoms with Crippen LogP contribution in [0.5, 0.6) is 0 Å². The van der Waals surface area contributed by atoms with E-state index in [1.54, 1.807) is 0 Å². The molecule has 0 aliphatic carbocycles. The molecular weight excluding hydrogens is 497 g/mol. The highest BCUT2D eigenvalue weighted by Gasteiger charge is 2.30. The largest absolute Gasteiger partial charge is 0.196 e. The molecule has 0 heterocycles. The molecule has 7 aromatic carbocycles. The monoisotopic (exact) mass is 524 g/mol. The van der Waals surface area contributed by atoms with Crippen LogP contribution in [0, 0.1) is 11.5 Å². The Bertz CT molecular complexity index is 1970. The summed E-state index contributed by atoms with van der Waals surface area (Å²) in [5.41, 5.74) is 7.52. The minimum absolute atomic E-state index is 1.11. The van der Waals surface area contributed by atoms with Gasteiger partial charge in [-0.15, -0.1) is 5.54 Å². The molecule has 0 amide bonds. The van der Waals surface area contributed by atoms with Gasteiger partial charge >= 0.3 is 0 Å². The second-order valence-corrected chi connectivity index (χ2v) is 14.2. The molecule has 0 N–H and O–H groups in total. The summed E-state index contributed by atoms with van der Waals surface area (Å²) in [7, 11) is -2.33.